The standard InChI is InChI=1S/C21H26F6N2O2/c1-31-17-12-13(20(22,23)24)11-14(21(25,26)27)18(17)19(30)28-15-7-3-4-8-16(15)29-9-5-2-6-10-29/h11-12,15-16H,2-10H2,1H3,(H,28,30)/t15-,16+/m1/s1. The van der Waals surface area contributed by atoms with Crippen molar-refractivity contribution in [3.63, 3.8) is 0 Å². The predicted octanol–water partition coefficient (Wildman–Crippen LogP) is 5.26. The van der Waals surface area contributed by atoms with Crippen LogP contribution in [0.4, 0.5) is 26.3 Å². The first kappa shape index (κ1) is 23.7. The summed E-state index contributed by atoms with van der Waals surface area (Å²) in [5, 5.41) is 2.69. The third-order valence-corrected chi connectivity index (χ3v) is 6.09. The van der Waals surface area contributed by atoms with Crippen molar-refractivity contribution in [2.24, 2.45) is 0 Å². The zero-order valence-corrected chi connectivity index (χ0v) is 17.2. The lowest BCUT2D eigenvalue weighted by Crippen LogP contribution is -2.54. The van der Waals surface area contributed by atoms with Gasteiger partial charge in [0.25, 0.3) is 5.91 Å². The highest BCUT2D eigenvalue weighted by atomic mass is 19.4. The quantitative estimate of drug-likeness (QED) is 0.634. The van der Waals surface area contributed by atoms with Crippen LogP contribution in [-0.4, -0.2) is 43.1 Å². The summed E-state index contributed by atoms with van der Waals surface area (Å²) in [7, 11) is 0.948. The first-order chi connectivity index (χ1) is 14.5. The van der Waals surface area contributed by atoms with E-state index in [1.165, 1.54) is 0 Å². The highest BCUT2D eigenvalue weighted by Crippen LogP contribution is 2.41. The number of carbonyl (C=O) groups is 1. The minimum absolute atomic E-state index is 0.00720. The average Bonchev–Trinajstić information content (AvgIpc) is 2.72. The van der Waals surface area contributed by atoms with Crippen LogP contribution in [0.15, 0.2) is 12.1 Å². The number of benzene rings is 1. The van der Waals surface area contributed by atoms with Gasteiger partial charge in [-0.1, -0.05) is 19.3 Å². The van der Waals surface area contributed by atoms with E-state index in [0.717, 1.165) is 58.7 Å². The summed E-state index contributed by atoms with van der Waals surface area (Å²) in [6.45, 7) is 1.74. The summed E-state index contributed by atoms with van der Waals surface area (Å²) in [5.41, 5.74) is -4.08. The molecule has 0 radical (unpaired) electrons. The lowest BCUT2D eigenvalue weighted by Gasteiger charge is -2.42. The molecule has 1 saturated heterocycles. The largest absolute Gasteiger partial charge is 0.496 e. The molecule has 1 aromatic rings. The molecule has 0 spiro atoms. The Hall–Kier alpha value is -1.97. The van der Waals surface area contributed by atoms with E-state index in [1.807, 2.05) is 0 Å². The molecule has 31 heavy (non-hydrogen) atoms. The first-order valence-corrected chi connectivity index (χ1v) is 10.4. The molecule has 1 N–H and O–H groups in total. The zero-order valence-electron chi connectivity index (χ0n) is 17.2. The van der Waals surface area contributed by atoms with Crippen molar-refractivity contribution >= 4 is 5.91 Å². The van der Waals surface area contributed by atoms with Crippen LogP contribution in [0.3, 0.4) is 0 Å². The third kappa shape index (κ3) is 5.45. The van der Waals surface area contributed by atoms with E-state index in [4.69, 9.17) is 4.74 Å². The molecule has 10 heteroatoms. The van der Waals surface area contributed by atoms with Crippen LogP contribution < -0.4 is 10.1 Å². The molecule has 1 aliphatic carbocycles. The number of nitrogens with one attached hydrogen (secondary N) is 1. The number of halogens is 6. The number of nitrogens with zero attached hydrogens (tertiary/aromatic N) is 1. The fourth-order valence-electron chi connectivity index (χ4n) is 4.61. The summed E-state index contributed by atoms with van der Waals surface area (Å²) >= 11 is 0. The summed E-state index contributed by atoms with van der Waals surface area (Å²) < 4.78 is 85.0. The molecule has 4 nitrogen and oxygen atoms in total. The molecule has 174 valence electrons. The number of ether oxygens (including phenoxy) is 1. The number of hydrogen-bond donors (Lipinski definition) is 1. The maximum absolute atomic E-state index is 13.6. The van der Waals surface area contributed by atoms with Crippen molar-refractivity contribution in [3.8, 4) is 5.75 Å². The fourth-order valence-corrected chi connectivity index (χ4v) is 4.61. The van der Waals surface area contributed by atoms with Gasteiger partial charge in [-0.15, -0.1) is 0 Å². The Kier molecular flexibility index (Phi) is 7.08. The average molecular weight is 452 g/mol. The minimum atomic E-state index is -5.15. The lowest BCUT2D eigenvalue weighted by molar-refractivity contribution is -0.143. The van der Waals surface area contributed by atoms with E-state index in [9.17, 15) is 31.1 Å². The number of methoxy groups -OCH3 is 1. The van der Waals surface area contributed by atoms with Crippen molar-refractivity contribution in [1.29, 1.82) is 0 Å². The van der Waals surface area contributed by atoms with Gasteiger partial charge >= 0.3 is 12.4 Å². The Balaban J connectivity index is 1.94. The number of alkyl halides is 6. The van der Waals surface area contributed by atoms with Crippen LogP contribution in [0.2, 0.25) is 0 Å². The number of amides is 1. The molecule has 3 rings (SSSR count). The van der Waals surface area contributed by atoms with Crippen molar-refractivity contribution in [3.05, 3.63) is 28.8 Å². The molecule has 0 bridgehead atoms. The predicted molar refractivity (Wildman–Crippen MR) is 102 cm³/mol. The fraction of sp³-hybridized carbons (Fsp3) is 0.667. The Bertz CT molecular complexity index is 787. The Morgan fingerprint density at radius 2 is 1.61 bits per heavy atom. The van der Waals surface area contributed by atoms with Crippen molar-refractivity contribution in [2.45, 2.75) is 69.4 Å². The van der Waals surface area contributed by atoms with Gasteiger partial charge in [0.05, 0.1) is 23.8 Å². The van der Waals surface area contributed by atoms with Gasteiger partial charge in [-0.05, 0) is 50.9 Å². The number of piperidine rings is 1. The van der Waals surface area contributed by atoms with Crippen LogP contribution in [0, 0.1) is 0 Å². The van der Waals surface area contributed by atoms with Crippen LogP contribution in [-0.2, 0) is 12.4 Å². The summed E-state index contributed by atoms with van der Waals surface area (Å²) in [4.78, 5) is 15.2. The topological polar surface area (TPSA) is 41.6 Å². The van der Waals surface area contributed by atoms with Gasteiger partial charge in [0.1, 0.15) is 5.75 Å². The van der Waals surface area contributed by atoms with E-state index in [2.05, 4.69) is 10.2 Å². The van der Waals surface area contributed by atoms with E-state index in [-0.39, 0.29) is 18.2 Å². The monoisotopic (exact) mass is 452 g/mol. The Labute approximate surface area is 176 Å². The van der Waals surface area contributed by atoms with Crippen LogP contribution in [0.25, 0.3) is 0 Å². The van der Waals surface area contributed by atoms with Gasteiger partial charge < -0.3 is 10.1 Å². The minimum Gasteiger partial charge on any atom is -0.496 e. The number of hydrogen-bond acceptors (Lipinski definition) is 3. The van der Waals surface area contributed by atoms with Crippen LogP contribution in [0.1, 0.15) is 66.4 Å². The van der Waals surface area contributed by atoms with Crippen molar-refractivity contribution in [2.75, 3.05) is 20.2 Å². The second kappa shape index (κ2) is 9.26. The smallest absolute Gasteiger partial charge is 0.417 e. The molecule has 0 unspecified atom stereocenters. The maximum Gasteiger partial charge on any atom is 0.417 e. The summed E-state index contributed by atoms with van der Waals surface area (Å²) in [6.07, 6.45) is -3.76. The normalized spacial score (nSPS) is 23.5. The van der Waals surface area contributed by atoms with Gasteiger partial charge in [-0.3, -0.25) is 9.69 Å². The van der Waals surface area contributed by atoms with E-state index in [0.29, 0.717) is 12.5 Å². The first-order valence-electron chi connectivity index (χ1n) is 10.4. The molecule has 1 amide bonds. The highest BCUT2D eigenvalue weighted by Gasteiger charge is 2.42. The zero-order chi connectivity index (χ0) is 22.8. The number of likely N-dealkylation sites (tertiary alicyclic amines) is 1. The molecule has 0 aromatic heterocycles. The van der Waals surface area contributed by atoms with Gasteiger partial charge in [-0.2, -0.15) is 26.3 Å². The number of rotatable bonds is 4. The SMILES string of the molecule is COc1cc(C(F)(F)F)cc(C(F)(F)F)c1C(=O)N[C@@H]1CCCC[C@@H]1N1CCCCC1. The highest BCUT2D eigenvalue weighted by molar-refractivity contribution is 5.99. The van der Waals surface area contributed by atoms with E-state index >= 15 is 0 Å². The molecule has 2 atom stereocenters. The van der Waals surface area contributed by atoms with Crippen molar-refractivity contribution in [1.82, 2.24) is 10.2 Å². The maximum atomic E-state index is 13.6. The van der Waals surface area contributed by atoms with E-state index < -0.39 is 40.7 Å². The second-order valence-corrected chi connectivity index (χ2v) is 8.12. The molecule has 1 saturated carbocycles. The summed E-state index contributed by atoms with van der Waals surface area (Å²) in [5.74, 6) is -1.81. The van der Waals surface area contributed by atoms with Gasteiger partial charge in [-0.25, -0.2) is 0 Å². The molecule has 2 aliphatic rings. The van der Waals surface area contributed by atoms with E-state index in [1.54, 1.807) is 0 Å². The molecule has 1 heterocycles. The van der Waals surface area contributed by atoms with Gasteiger partial charge in [0.15, 0.2) is 0 Å². The second-order valence-electron chi connectivity index (χ2n) is 8.12. The van der Waals surface area contributed by atoms with Gasteiger partial charge in [0, 0.05) is 12.1 Å². The molecular formula is C21H26F6N2O2. The van der Waals surface area contributed by atoms with Crippen LogP contribution in [0.5, 0.6) is 5.75 Å². The molecule has 1 aliphatic heterocycles. The lowest BCUT2D eigenvalue weighted by atomic mass is 9.87. The van der Waals surface area contributed by atoms with Crippen LogP contribution >= 0.6 is 0 Å². The molecular weight excluding hydrogens is 426 g/mol. The molecule has 2 fully saturated rings. The Morgan fingerprint density at radius 1 is 0.968 bits per heavy atom. The summed E-state index contributed by atoms with van der Waals surface area (Å²) in [6, 6.07) is 0.0494. The Morgan fingerprint density at radius 3 is 2.19 bits per heavy atom. The third-order valence-electron chi connectivity index (χ3n) is 6.09. The molecule has 1 aromatic carbocycles. The number of carbonyl (C=O) groups excluding carboxylic acids is 1. The van der Waals surface area contributed by atoms with Crippen molar-refractivity contribution < 1.29 is 35.9 Å². The van der Waals surface area contributed by atoms with Gasteiger partial charge in [0.2, 0.25) is 0 Å².